The van der Waals surface area contributed by atoms with E-state index in [-0.39, 0.29) is 5.97 Å². The molecule has 0 bridgehead atoms. The molecular formula is C29H34O6. The summed E-state index contributed by atoms with van der Waals surface area (Å²) in [5.74, 6) is -1.19. The van der Waals surface area contributed by atoms with E-state index in [9.17, 15) is 14.4 Å². The Labute approximate surface area is 207 Å². The number of benzene rings is 2. The highest BCUT2D eigenvalue weighted by Crippen LogP contribution is 2.49. The first kappa shape index (κ1) is 26.2. The Kier molecular flexibility index (Phi) is 7.25. The smallest absolute Gasteiger partial charge is 0.337 e. The number of carbonyl (C=O) groups is 3. The molecule has 0 aromatic heterocycles. The summed E-state index contributed by atoms with van der Waals surface area (Å²) >= 11 is 0. The van der Waals surface area contributed by atoms with Crippen LogP contribution in [0.4, 0.5) is 0 Å². The lowest BCUT2D eigenvalue weighted by Crippen LogP contribution is -2.59. The maximum atomic E-state index is 12.0. The topological polar surface area (TPSA) is 78.9 Å². The van der Waals surface area contributed by atoms with Crippen molar-refractivity contribution in [3.63, 3.8) is 0 Å². The van der Waals surface area contributed by atoms with Gasteiger partial charge in [-0.15, -0.1) is 0 Å². The summed E-state index contributed by atoms with van der Waals surface area (Å²) in [7, 11) is 1.36. The molecule has 6 heteroatoms. The summed E-state index contributed by atoms with van der Waals surface area (Å²) in [5, 5.41) is 0. The number of hydrogen-bond donors (Lipinski definition) is 0. The Morgan fingerprint density at radius 2 is 1.29 bits per heavy atom. The van der Waals surface area contributed by atoms with Crippen molar-refractivity contribution in [2.24, 2.45) is 0 Å². The van der Waals surface area contributed by atoms with Crippen LogP contribution in [-0.2, 0) is 34.6 Å². The second-order valence-corrected chi connectivity index (χ2v) is 10.2. The minimum Gasteiger partial charge on any atom is -0.465 e. The van der Waals surface area contributed by atoms with E-state index < -0.39 is 35.0 Å². The summed E-state index contributed by atoms with van der Waals surface area (Å²) in [6.45, 7) is 12.9. The van der Waals surface area contributed by atoms with Crippen LogP contribution in [0.3, 0.4) is 0 Å². The summed E-state index contributed by atoms with van der Waals surface area (Å²) in [6, 6.07) is 11.5. The maximum absolute atomic E-state index is 12.0. The van der Waals surface area contributed by atoms with E-state index in [0.717, 1.165) is 27.8 Å². The highest BCUT2D eigenvalue weighted by Gasteiger charge is 2.55. The molecule has 0 heterocycles. The molecule has 0 unspecified atom stereocenters. The summed E-state index contributed by atoms with van der Waals surface area (Å²) in [4.78, 5) is 35.7. The Morgan fingerprint density at radius 1 is 0.800 bits per heavy atom. The predicted octanol–water partition coefficient (Wildman–Crippen LogP) is 5.38. The molecule has 0 radical (unpaired) electrons. The van der Waals surface area contributed by atoms with Crippen molar-refractivity contribution < 1.29 is 28.6 Å². The van der Waals surface area contributed by atoms with Crippen LogP contribution in [0.15, 0.2) is 36.4 Å². The Balaban J connectivity index is 2.07. The fraction of sp³-hybridized carbons (Fsp3) is 0.414. The molecule has 0 fully saturated rings. The van der Waals surface area contributed by atoms with E-state index in [1.165, 1.54) is 21.0 Å². The van der Waals surface area contributed by atoms with Crippen LogP contribution in [0.1, 0.15) is 79.7 Å². The van der Waals surface area contributed by atoms with Gasteiger partial charge in [-0.2, -0.15) is 0 Å². The lowest BCUT2D eigenvalue weighted by atomic mass is 9.59. The van der Waals surface area contributed by atoms with Crippen molar-refractivity contribution in [3.8, 4) is 0 Å². The van der Waals surface area contributed by atoms with Crippen LogP contribution in [0, 0.1) is 6.92 Å². The summed E-state index contributed by atoms with van der Waals surface area (Å²) < 4.78 is 16.3. The molecule has 186 valence electrons. The zero-order valence-electron chi connectivity index (χ0n) is 21.7. The van der Waals surface area contributed by atoms with Crippen LogP contribution in [0.25, 0.3) is 12.2 Å². The third kappa shape index (κ3) is 5.16. The van der Waals surface area contributed by atoms with Crippen LogP contribution >= 0.6 is 0 Å². The zero-order valence-corrected chi connectivity index (χ0v) is 21.7. The van der Waals surface area contributed by atoms with E-state index in [0.29, 0.717) is 5.56 Å². The molecule has 0 saturated carbocycles. The van der Waals surface area contributed by atoms with Crippen molar-refractivity contribution in [3.05, 3.63) is 69.8 Å². The van der Waals surface area contributed by atoms with Crippen molar-refractivity contribution in [1.29, 1.82) is 0 Å². The number of esters is 3. The second kappa shape index (κ2) is 9.68. The monoisotopic (exact) mass is 478 g/mol. The first-order valence-corrected chi connectivity index (χ1v) is 11.7. The molecule has 0 aliphatic heterocycles. The number of methoxy groups -OCH3 is 1. The summed E-state index contributed by atoms with van der Waals surface area (Å²) in [6.07, 6.45) is 2.75. The molecule has 1 aliphatic rings. The average Bonchev–Trinajstić information content (AvgIpc) is 2.78. The van der Waals surface area contributed by atoms with Crippen molar-refractivity contribution in [2.75, 3.05) is 7.11 Å². The number of aryl methyl sites for hydroxylation is 1. The van der Waals surface area contributed by atoms with Gasteiger partial charge in [0, 0.05) is 24.7 Å². The zero-order chi connectivity index (χ0) is 26.1. The van der Waals surface area contributed by atoms with Crippen molar-refractivity contribution >= 4 is 30.1 Å². The van der Waals surface area contributed by atoms with Gasteiger partial charge in [0.15, 0.2) is 0 Å². The lowest BCUT2D eigenvalue weighted by Gasteiger charge is -2.51. The molecule has 0 spiro atoms. The molecule has 2 aromatic carbocycles. The lowest BCUT2D eigenvalue weighted by molar-refractivity contribution is -0.179. The van der Waals surface area contributed by atoms with Crippen molar-refractivity contribution in [1.82, 2.24) is 0 Å². The number of hydrogen-bond acceptors (Lipinski definition) is 6. The maximum Gasteiger partial charge on any atom is 0.337 e. The fourth-order valence-electron chi connectivity index (χ4n) is 4.84. The van der Waals surface area contributed by atoms with Crippen LogP contribution < -0.4 is 0 Å². The number of carbonyl (C=O) groups excluding carboxylic acids is 3. The van der Waals surface area contributed by atoms with Gasteiger partial charge in [0.05, 0.1) is 12.7 Å². The van der Waals surface area contributed by atoms with Gasteiger partial charge in [0.1, 0.15) is 12.2 Å². The Bertz CT molecular complexity index is 1170. The Hall–Kier alpha value is -3.41. The van der Waals surface area contributed by atoms with E-state index in [2.05, 4.69) is 12.1 Å². The first-order chi connectivity index (χ1) is 16.3. The van der Waals surface area contributed by atoms with Gasteiger partial charge in [0.25, 0.3) is 0 Å². The van der Waals surface area contributed by atoms with Gasteiger partial charge in [-0.3, -0.25) is 9.59 Å². The van der Waals surface area contributed by atoms with Crippen LogP contribution in [0.2, 0.25) is 0 Å². The molecule has 35 heavy (non-hydrogen) atoms. The molecular weight excluding hydrogens is 444 g/mol. The summed E-state index contributed by atoms with van der Waals surface area (Å²) in [5.41, 5.74) is 4.47. The van der Waals surface area contributed by atoms with Gasteiger partial charge < -0.3 is 14.2 Å². The largest absolute Gasteiger partial charge is 0.465 e. The third-order valence-corrected chi connectivity index (χ3v) is 6.87. The SMILES string of the molecule is COC(=O)c1ccc(C=Cc2cc3c(cc2C)C(C)(C)[C@H](OC(C)=O)[C@H](OC(C)=O)C3(C)C)cc1. The second-order valence-electron chi connectivity index (χ2n) is 10.2. The van der Waals surface area contributed by atoms with Gasteiger partial charge >= 0.3 is 17.9 Å². The van der Waals surface area contributed by atoms with E-state index >= 15 is 0 Å². The van der Waals surface area contributed by atoms with Gasteiger partial charge in [-0.05, 0) is 46.9 Å². The molecule has 0 saturated heterocycles. The first-order valence-electron chi connectivity index (χ1n) is 11.7. The van der Waals surface area contributed by atoms with Gasteiger partial charge in [0.2, 0.25) is 0 Å². The Morgan fingerprint density at radius 3 is 1.74 bits per heavy atom. The van der Waals surface area contributed by atoms with E-state index in [4.69, 9.17) is 14.2 Å². The molecule has 2 aromatic rings. The molecule has 0 amide bonds. The van der Waals surface area contributed by atoms with Gasteiger partial charge in [-0.1, -0.05) is 64.1 Å². The standard InChI is InChI=1S/C29H34O6/c1-17-15-23-24(16-22(17)14-11-20-9-12-21(13-10-20)27(32)33-8)29(6,7)26(35-19(3)31)25(28(23,4)5)34-18(2)30/h9-16,25-26H,1-8H3/t25-,26+/m1/s1. The number of rotatable bonds is 5. The van der Waals surface area contributed by atoms with Crippen LogP contribution in [-0.4, -0.2) is 37.2 Å². The van der Waals surface area contributed by atoms with E-state index in [1.807, 2.05) is 58.9 Å². The predicted molar refractivity (Wildman–Crippen MR) is 135 cm³/mol. The molecule has 6 nitrogen and oxygen atoms in total. The van der Waals surface area contributed by atoms with Crippen LogP contribution in [0.5, 0.6) is 0 Å². The average molecular weight is 479 g/mol. The highest BCUT2D eigenvalue weighted by atomic mass is 16.6. The number of fused-ring (bicyclic) bond motifs is 1. The fourth-order valence-corrected chi connectivity index (χ4v) is 4.84. The van der Waals surface area contributed by atoms with Crippen molar-refractivity contribution in [2.45, 2.75) is 71.5 Å². The minimum atomic E-state index is -0.642. The number of ether oxygens (including phenoxy) is 3. The normalized spacial score (nSPS) is 20.1. The molecule has 1 aliphatic carbocycles. The van der Waals surface area contributed by atoms with Gasteiger partial charge in [-0.25, -0.2) is 4.79 Å². The molecule has 0 N–H and O–H groups in total. The molecule has 3 rings (SSSR count). The van der Waals surface area contributed by atoms with E-state index in [1.54, 1.807) is 12.1 Å². The minimum absolute atomic E-state index is 0.370. The molecule has 2 atom stereocenters. The third-order valence-electron chi connectivity index (χ3n) is 6.87. The highest BCUT2D eigenvalue weighted by molar-refractivity contribution is 5.89. The quantitative estimate of drug-likeness (QED) is 0.326.